The van der Waals surface area contributed by atoms with Gasteiger partial charge in [0.1, 0.15) is 10.7 Å². The number of halogens is 3. The normalized spacial score (nSPS) is 11.6. The summed E-state index contributed by atoms with van der Waals surface area (Å²) in [4.78, 5) is -0.535. The van der Waals surface area contributed by atoms with Gasteiger partial charge in [-0.25, -0.2) is 12.8 Å². The van der Waals surface area contributed by atoms with Crippen LogP contribution in [0, 0.1) is 5.82 Å². The predicted molar refractivity (Wildman–Crippen MR) is 49.0 cm³/mol. The molecule has 0 aromatic heterocycles. The topological polar surface area (TPSA) is 34.1 Å². The molecule has 0 saturated heterocycles. The lowest BCUT2D eigenvalue weighted by molar-refractivity contribution is 0.575. The van der Waals surface area contributed by atoms with Crippen molar-refractivity contribution in [2.75, 3.05) is 0 Å². The van der Waals surface area contributed by atoms with Crippen LogP contribution < -0.4 is 0 Å². The smallest absolute Gasteiger partial charge is 0.207 e. The number of benzene rings is 1. The van der Waals surface area contributed by atoms with Crippen molar-refractivity contribution in [1.29, 1.82) is 0 Å². The van der Waals surface area contributed by atoms with Gasteiger partial charge < -0.3 is 0 Å². The van der Waals surface area contributed by atoms with Gasteiger partial charge in [-0.15, -0.1) is 11.6 Å². The van der Waals surface area contributed by atoms with Crippen molar-refractivity contribution >= 4 is 31.3 Å². The Kier molecular flexibility index (Phi) is 3.16. The second-order valence-electron chi connectivity index (χ2n) is 2.34. The number of rotatable bonds is 2. The van der Waals surface area contributed by atoms with Gasteiger partial charge in [0.25, 0.3) is 9.05 Å². The van der Waals surface area contributed by atoms with E-state index in [1.54, 1.807) is 0 Å². The lowest BCUT2D eigenvalue weighted by Crippen LogP contribution is -1.96. The molecule has 0 aliphatic heterocycles. The van der Waals surface area contributed by atoms with Gasteiger partial charge in [-0.1, -0.05) is 6.07 Å². The Hall–Kier alpha value is -0.320. The SMILES string of the molecule is O=S(=O)(Cl)c1cc(CCl)ccc1F. The van der Waals surface area contributed by atoms with Gasteiger partial charge in [-0.2, -0.15) is 0 Å². The molecule has 0 N–H and O–H groups in total. The molecule has 1 aromatic carbocycles. The minimum absolute atomic E-state index is 0.111. The Morgan fingerprint density at radius 3 is 2.46 bits per heavy atom. The molecular formula is C7H5Cl2FO2S. The average Bonchev–Trinajstić information content (AvgIpc) is 2.03. The summed E-state index contributed by atoms with van der Waals surface area (Å²) in [7, 11) is 0.954. The lowest BCUT2D eigenvalue weighted by Gasteiger charge is -2.00. The van der Waals surface area contributed by atoms with Crippen LogP contribution in [0.3, 0.4) is 0 Å². The summed E-state index contributed by atoms with van der Waals surface area (Å²) in [6, 6.07) is 3.53. The molecule has 0 spiro atoms. The molecule has 13 heavy (non-hydrogen) atoms. The predicted octanol–water partition coefficient (Wildman–Crippen LogP) is 2.49. The van der Waals surface area contributed by atoms with E-state index in [0.717, 1.165) is 12.1 Å². The van der Waals surface area contributed by atoms with E-state index in [1.165, 1.54) is 6.07 Å². The highest BCUT2D eigenvalue weighted by Gasteiger charge is 2.16. The molecule has 0 bridgehead atoms. The third-order valence-electron chi connectivity index (χ3n) is 1.41. The summed E-state index contributed by atoms with van der Waals surface area (Å²) in [5, 5.41) is 0. The molecule has 1 aromatic rings. The molecule has 6 heteroatoms. The van der Waals surface area contributed by atoms with E-state index in [0.29, 0.717) is 5.56 Å². The highest BCUT2D eigenvalue weighted by Crippen LogP contribution is 2.20. The van der Waals surface area contributed by atoms with Gasteiger partial charge in [-0.05, 0) is 17.7 Å². The fourth-order valence-electron chi connectivity index (χ4n) is 0.818. The molecule has 2 nitrogen and oxygen atoms in total. The van der Waals surface area contributed by atoms with Crippen LogP contribution in [-0.2, 0) is 14.9 Å². The molecule has 0 amide bonds. The molecule has 72 valence electrons. The monoisotopic (exact) mass is 242 g/mol. The van der Waals surface area contributed by atoms with Crippen LogP contribution in [0.4, 0.5) is 4.39 Å². The van der Waals surface area contributed by atoms with E-state index in [4.69, 9.17) is 22.3 Å². The maximum atomic E-state index is 12.9. The Morgan fingerprint density at radius 1 is 1.38 bits per heavy atom. The number of alkyl halides is 1. The molecule has 0 unspecified atom stereocenters. The third kappa shape index (κ3) is 2.56. The summed E-state index contributed by atoms with van der Waals surface area (Å²) in [5.41, 5.74) is 0.502. The van der Waals surface area contributed by atoms with Crippen LogP contribution in [0.5, 0.6) is 0 Å². The molecular weight excluding hydrogens is 238 g/mol. The van der Waals surface area contributed by atoms with Crippen LogP contribution in [0.15, 0.2) is 23.1 Å². The largest absolute Gasteiger partial charge is 0.264 e. The highest BCUT2D eigenvalue weighted by atomic mass is 35.7. The Morgan fingerprint density at radius 2 is 2.00 bits per heavy atom. The maximum absolute atomic E-state index is 12.9. The van der Waals surface area contributed by atoms with E-state index >= 15 is 0 Å². The first-order valence-electron chi connectivity index (χ1n) is 3.24. The van der Waals surface area contributed by atoms with Gasteiger partial charge in [0.2, 0.25) is 0 Å². The molecule has 0 aliphatic rings. The van der Waals surface area contributed by atoms with Gasteiger partial charge in [0, 0.05) is 16.6 Å². The van der Waals surface area contributed by atoms with Crippen LogP contribution in [0.1, 0.15) is 5.56 Å². The molecule has 0 saturated carbocycles. The van der Waals surface area contributed by atoms with Crippen molar-refractivity contribution in [1.82, 2.24) is 0 Å². The highest BCUT2D eigenvalue weighted by molar-refractivity contribution is 8.13. The molecule has 0 aliphatic carbocycles. The molecule has 0 atom stereocenters. The van der Waals surface area contributed by atoms with E-state index in [9.17, 15) is 12.8 Å². The van der Waals surface area contributed by atoms with Crippen molar-refractivity contribution in [2.45, 2.75) is 10.8 Å². The second-order valence-corrected chi connectivity index (χ2v) is 5.14. The summed E-state index contributed by atoms with van der Waals surface area (Å²) in [6.45, 7) is 0. The summed E-state index contributed by atoms with van der Waals surface area (Å²) < 4.78 is 34.5. The Bertz CT molecular complexity index is 417. The van der Waals surface area contributed by atoms with E-state index < -0.39 is 19.8 Å². The fraction of sp³-hybridized carbons (Fsp3) is 0.143. The zero-order chi connectivity index (χ0) is 10.1. The summed E-state index contributed by atoms with van der Waals surface area (Å²) >= 11 is 5.44. The quantitative estimate of drug-likeness (QED) is 0.590. The zero-order valence-corrected chi connectivity index (χ0v) is 8.63. The molecule has 0 heterocycles. The van der Waals surface area contributed by atoms with Gasteiger partial charge >= 0.3 is 0 Å². The van der Waals surface area contributed by atoms with Gasteiger partial charge in [0.15, 0.2) is 0 Å². The van der Waals surface area contributed by atoms with Crippen LogP contribution in [-0.4, -0.2) is 8.42 Å². The van der Waals surface area contributed by atoms with Crippen LogP contribution in [0.25, 0.3) is 0 Å². The molecule has 0 fully saturated rings. The zero-order valence-electron chi connectivity index (χ0n) is 6.30. The van der Waals surface area contributed by atoms with E-state index in [1.807, 2.05) is 0 Å². The average molecular weight is 243 g/mol. The minimum Gasteiger partial charge on any atom is -0.207 e. The van der Waals surface area contributed by atoms with Gasteiger partial charge in [-0.3, -0.25) is 0 Å². The van der Waals surface area contributed by atoms with Crippen molar-refractivity contribution in [3.8, 4) is 0 Å². The maximum Gasteiger partial charge on any atom is 0.264 e. The van der Waals surface area contributed by atoms with E-state index in [2.05, 4.69) is 0 Å². The first-order chi connectivity index (χ1) is 5.95. The van der Waals surface area contributed by atoms with Crippen molar-refractivity contribution in [3.63, 3.8) is 0 Å². The number of hydrogen-bond donors (Lipinski definition) is 0. The first kappa shape index (κ1) is 10.8. The fourth-order valence-corrected chi connectivity index (χ4v) is 1.93. The lowest BCUT2D eigenvalue weighted by atomic mass is 10.2. The summed E-state index contributed by atoms with van der Waals surface area (Å²) in [6.07, 6.45) is 0. The Labute approximate surface area is 84.7 Å². The minimum atomic E-state index is -4.03. The van der Waals surface area contributed by atoms with Crippen molar-refractivity contribution in [3.05, 3.63) is 29.6 Å². The van der Waals surface area contributed by atoms with Crippen LogP contribution >= 0.6 is 22.3 Å². The number of hydrogen-bond acceptors (Lipinski definition) is 2. The third-order valence-corrected chi connectivity index (χ3v) is 3.06. The van der Waals surface area contributed by atoms with Crippen molar-refractivity contribution in [2.24, 2.45) is 0 Å². The second kappa shape index (κ2) is 3.82. The Balaban J connectivity index is 3.36. The van der Waals surface area contributed by atoms with E-state index in [-0.39, 0.29) is 5.88 Å². The summed E-state index contributed by atoms with van der Waals surface area (Å²) in [5.74, 6) is -0.761. The first-order valence-corrected chi connectivity index (χ1v) is 6.08. The molecule has 0 radical (unpaired) electrons. The van der Waals surface area contributed by atoms with Crippen LogP contribution in [0.2, 0.25) is 0 Å². The van der Waals surface area contributed by atoms with Gasteiger partial charge in [0.05, 0.1) is 0 Å². The van der Waals surface area contributed by atoms with Crippen molar-refractivity contribution < 1.29 is 12.8 Å². The standard InChI is InChI=1S/C7H5Cl2FO2S/c8-4-5-1-2-6(10)7(3-5)13(9,11)12/h1-3H,4H2. The molecule has 1 rings (SSSR count).